The van der Waals surface area contributed by atoms with E-state index in [0.29, 0.717) is 12.2 Å². The Balaban J connectivity index is 2.14. The first-order valence-corrected chi connectivity index (χ1v) is 8.44. The molecule has 3 aromatic rings. The van der Waals surface area contributed by atoms with Gasteiger partial charge in [0, 0.05) is 30.6 Å². The maximum atomic E-state index is 13.0. The number of hydrogen-bond acceptors (Lipinski definition) is 3. The first-order chi connectivity index (χ1) is 12.1. The summed E-state index contributed by atoms with van der Waals surface area (Å²) < 4.78 is 1.65. The summed E-state index contributed by atoms with van der Waals surface area (Å²) >= 11 is 0. The third kappa shape index (κ3) is 2.45. The average molecular weight is 337 g/mol. The van der Waals surface area contributed by atoms with Gasteiger partial charge in [-0.3, -0.25) is 14.6 Å². The molecular weight excluding hydrogens is 318 g/mol. The zero-order chi connectivity index (χ0) is 17.6. The van der Waals surface area contributed by atoms with Crippen LogP contribution in [0.4, 0.5) is 0 Å². The van der Waals surface area contributed by atoms with Gasteiger partial charge in [-0.25, -0.2) is 0 Å². The molecule has 1 aliphatic heterocycles. The lowest BCUT2D eigenvalue weighted by Crippen LogP contribution is -2.32. The molecule has 2 aromatic heterocycles. The van der Waals surface area contributed by atoms with Gasteiger partial charge in [-0.05, 0) is 30.9 Å². The molecule has 128 valence electrons. The van der Waals surface area contributed by atoms with Crippen molar-refractivity contribution in [3.63, 3.8) is 0 Å². The van der Waals surface area contributed by atoms with Crippen LogP contribution >= 0.6 is 0 Å². The van der Waals surface area contributed by atoms with Crippen LogP contribution in [0.15, 0.2) is 30.5 Å². The summed E-state index contributed by atoms with van der Waals surface area (Å²) in [6, 6.07) is 7.78. The number of aryl methyl sites for hydroxylation is 1. The lowest BCUT2D eigenvalue weighted by atomic mass is 10.0. The van der Waals surface area contributed by atoms with Crippen molar-refractivity contribution in [2.75, 3.05) is 13.6 Å². The number of aromatic nitrogens is 2. The van der Waals surface area contributed by atoms with Gasteiger partial charge < -0.3 is 14.6 Å². The summed E-state index contributed by atoms with van der Waals surface area (Å²) in [5, 5.41) is 11.3. The molecule has 0 fully saturated rings. The molecule has 0 aliphatic carbocycles. The number of pyridine rings is 1. The van der Waals surface area contributed by atoms with Gasteiger partial charge in [-0.15, -0.1) is 0 Å². The van der Waals surface area contributed by atoms with Gasteiger partial charge in [-0.1, -0.05) is 18.2 Å². The first kappa shape index (κ1) is 15.6. The summed E-state index contributed by atoms with van der Waals surface area (Å²) in [6.07, 6.45) is 4.39. The highest BCUT2D eigenvalue weighted by molar-refractivity contribution is 6.10. The number of aliphatic carboxylic acids is 1. The molecule has 6 heteroatoms. The normalized spacial score (nSPS) is 15.2. The fraction of sp³-hybridized carbons (Fsp3) is 0.316. The Bertz CT molecular complexity index is 1010. The van der Waals surface area contributed by atoms with E-state index in [1.807, 2.05) is 24.3 Å². The molecule has 0 bridgehead atoms. The lowest BCUT2D eigenvalue weighted by molar-refractivity contribution is -0.137. The molecule has 1 aromatic carbocycles. The van der Waals surface area contributed by atoms with Crippen LogP contribution in [0, 0.1) is 0 Å². The third-order valence-electron chi connectivity index (χ3n) is 4.91. The van der Waals surface area contributed by atoms with Crippen LogP contribution in [0.1, 0.15) is 28.9 Å². The minimum Gasteiger partial charge on any atom is -0.480 e. The standard InChI is InChI=1S/C19H19N3O3/c1-21-10-3-2-6-13-14-8-7-12-5-4-9-20-16(12)17(14)22(11-15(23)24)18(13)19(21)25/h4-5,7-9H,2-3,6,10-11H2,1H3,(H,23,24). The van der Waals surface area contributed by atoms with Gasteiger partial charge in [0.2, 0.25) is 0 Å². The summed E-state index contributed by atoms with van der Waals surface area (Å²) in [5.74, 6) is -1.08. The van der Waals surface area contributed by atoms with Crippen molar-refractivity contribution < 1.29 is 14.7 Å². The number of hydrogen-bond donors (Lipinski definition) is 1. The first-order valence-electron chi connectivity index (χ1n) is 8.44. The molecule has 0 saturated carbocycles. The SMILES string of the molecule is CN1CCCCc2c(n(CC(=O)O)c3c2ccc2cccnc23)C1=O. The van der Waals surface area contributed by atoms with E-state index in [9.17, 15) is 14.7 Å². The Kier molecular flexibility index (Phi) is 3.67. The van der Waals surface area contributed by atoms with E-state index in [1.165, 1.54) is 0 Å². The van der Waals surface area contributed by atoms with Crippen LogP contribution in [0.2, 0.25) is 0 Å². The van der Waals surface area contributed by atoms with Crippen LogP contribution in [0.3, 0.4) is 0 Å². The van der Waals surface area contributed by atoms with E-state index in [-0.39, 0.29) is 12.5 Å². The Labute approximate surface area is 144 Å². The van der Waals surface area contributed by atoms with Gasteiger partial charge >= 0.3 is 5.97 Å². The Morgan fingerprint density at radius 1 is 1.28 bits per heavy atom. The summed E-state index contributed by atoms with van der Waals surface area (Å²) in [5.41, 5.74) is 2.93. The predicted molar refractivity (Wildman–Crippen MR) is 94.8 cm³/mol. The van der Waals surface area contributed by atoms with E-state index in [2.05, 4.69) is 4.98 Å². The summed E-state index contributed by atoms with van der Waals surface area (Å²) in [6.45, 7) is 0.437. The van der Waals surface area contributed by atoms with Crippen LogP contribution in [-0.4, -0.2) is 45.0 Å². The second kappa shape index (κ2) is 5.88. The van der Waals surface area contributed by atoms with Gasteiger partial charge in [0.1, 0.15) is 12.2 Å². The minimum absolute atomic E-state index is 0.115. The molecule has 25 heavy (non-hydrogen) atoms. The molecule has 1 amide bonds. The maximum absolute atomic E-state index is 13.0. The van der Waals surface area contributed by atoms with Crippen LogP contribution in [-0.2, 0) is 17.8 Å². The van der Waals surface area contributed by atoms with Crippen molar-refractivity contribution in [3.05, 3.63) is 41.7 Å². The molecule has 3 heterocycles. The van der Waals surface area contributed by atoms with Crippen molar-refractivity contribution in [3.8, 4) is 0 Å². The quantitative estimate of drug-likeness (QED) is 0.780. The third-order valence-corrected chi connectivity index (χ3v) is 4.91. The van der Waals surface area contributed by atoms with E-state index in [0.717, 1.165) is 46.6 Å². The predicted octanol–water partition coefficient (Wildman–Crippen LogP) is 2.68. The van der Waals surface area contributed by atoms with Gasteiger partial charge in [0.25, 0.3) is 5.91 Å². The van der Waals surface area contributed by atoms with E-state index in [4.69, 9.17) is 0 Å². The molecule has 0 unspecified atom stereocenters. The molecule has 0 atom stereocenters. The van der Waals surface area contributed by atoms with E-state index < -0.39 is 5.97 Å². The smallest absolute Gasteiger partial charge is 0.323 e. The highest BCUT2D eigenvalue weighted by Crippen LogP contribution is 2.34. The van der Waals surface area contributed by atoms with Crippen molar-refractivity contribution in [2.24, 2.45) is 0 Å². The molecule has 1 aliphatic rings. The Hall–Kier alpha value is -2.89. The van der Waals surface area contributed by atoms with Crippen LogP contribution in [0.5, 0.6) is 0 Å². The topological polar surface area (TPSA) is 75.4 Å². The van der Waals surface area contributed by atoms with Gasteiger partial charge in [0.05, 0.1) is 11.0 Å². The minimum atomic E-state index is -0.967. The zero-order valence-corrected chi connectivity index (χ0v) is 14.0. The second-order valence-corrected chi connectivity index (χ2v) is 6.53. The molecule has 0 spiro atoms. The van der Waals surface area contributed by atoms with Crippen molar-refractivity contribution >= 4 is 33.7 Å². The second-order valence-electron chi connectivity index (χ2n) is 6.53. The molecule has 1 N–H and O–H groups in total. The number of nitrogens with zero attached hydrogens (tertiary/aromatic N) is 3. The zero-order valence-electron chi connectivity index (χ0n) is 14.0. The Morgan fingerprint density at radius 2 is 2.12 bits per heavy atom. The lowest BCUT2D eigenvalue weighted by Gasteiger charge is -2.21. The largest absolute Gasteiger partial charge is 0.480 e. The number of carboxylic acid groups (broad SMARTS) is 1. The molecule has 0 saturated heterocycles. The van der Waals surface area contributed by atoms with Crippen LogP contribution < -0.4 is 0 Å². The van der Waals surface area contributed by atoms with Gasteiger partial charge in [0.15, 0.2) is 0 Å². The van der Waals surface area contributed by atoms with Crippen LogP contribution in [0.25, 0.3) is 21.8 Å². The van der Waals surface area contributed by atoms with E-state index >= 15 is 0 Å². The number of benzene rings is 1. The number of carbonyl (C=O) groups excluding carboxylic acids is 1. The fourth-order valence-corrected chi connectivity index (χ4v) is 3.77. The van der Waals surface area contributed by atoms with Crippen molar-refractivity contribution in [1.82, 2.24) is 14.5 Å². The van der Waals surface area contributed by atoms with Crippen molar-refractivity contribution in [2.45, 2.75) is 25.8 Å². The number of carboxylic acids is 1. The Morgan fingerprint density at radius 3 is 2.92 bits per heavy atom. The van der Waals surface area contributed by atoms with E-state index in [1.54, 1.807) is 22.7 Å². The van der Waals surface area contributed by atoms with Crippen molar-refractivity contribution in [1.29, 1.82) is 0 Å². The molecule has 4 rings (SSSR count). The number of fused-ring (bicyclic) bond motifs is 5. The highest BCUT2D eigenvalue weighted by atomic mass is 16.4. The summed E-state index contributed by atoms with van der Waals surface area (Å²) in [7, 11) is 1.77. The molecule has 0 radical (unpaired) electrons. The van der Waals surface area contributed by atoms with Gasteiger partial charge in [-0.2, -0.15) is 0 Å². The molecular formula is C19H19N3O3. The monoisotopic (exact) mass is 337 g/mol. The highest BCUT2D eigenvalue weighted by Gasteiger charge is 2.28. The molecule has 6 nitrogen and oxygen atoms in total. The maximum Gasteiger partial charge on any atom is 0.323 e. The number of rotatable bonds is 2. The number of amides is 1. The number of carbonyl (C=O) groups is 2. The summed E-state index contributed by atoms with van der Waals surface area (Å²) in [4.78, 5) is 30.7. The average Bonchev–Trinajstić information content (AvgIpc) is 2.89. The fourth-order valence-electron chi connectivity index (χ4n) is 3.77.